The number of aromatic nitrogens is 2. The predicted molar refractivity (Wildman–Crippen MR) is 71.9 cm³/mol. The molecule has 0 bridgehead atoms. The van der Waals surface area contributed by atoms with Gasteiger partial charge in [0.05, 0.1) is 6.20 Å². The second-order valence-corrected chi connectivity index (χ2v) is 4.57. The molecule has 98 valence electrons. The van der Waals surface area contributed by atoms with Crippen LogP contribution in [0.4, 0.5) is 0 Å². The van der Waals surface area contributed by atoms with Crippen molar-refractivity contribution in [1.29, 1.82) is 0 Å². The van der Waals surface area contributed by atoms with Gasteiger partial charge >= 0.3 is 0 Å². The molecule has 0 saturated heterocycles. The summed E-state index contributed by atoms with van der Waals surface area (Å²) in [4.78, 5) is 2.34. The number of nitrogens with two attached hydrogens (primary N) is 1. The lowest BCUT2D eigenvalue weighted by Gasteiger charge is -2.26. The molecule has 0 amide bonds. The minimum Gasteiger partial charge on any atom is -0.329 e. The van der Waals surface area contributed by atoms with E-state index in [-0.39, 0.29) is 0 Å². The lowest BCUT2D eigenvalue weighted by molar-refractivity contribution is 0.245. The van der Waals surface area contributed by atoms with E-state index in [9.17, 15) is 0 Å². The van der Waals surface area contributed by atoms with Gasteiger partial charge in [0.1, 0.15) is 0 Å². The molecule has 2 N–H and O–H groups in total. The van der Waals surface area contributed by atoms with Gasteiger partial charge in [-0.15, -0.1) is 0 Å². The normalized spacial score (nSPS) is 13.2. The smallest absolute Gasteiger partial charge is 0.0538 e. The van der Waals surface area contributed by atoms with Gasteiger partial charge < -0.3 is 5.73 Å². The number of rotatable bonds is 8. The monoisotopic (exact) mass is 238 g/mol. The van der Waals surface area contributed by atoms with Gasteiger partial charge in [-0.25, -0.2) is 0 Å². The Bertz CT molecular complexity index is 308. The van der Waals surface area contributed by atoms with Crippen molar-refractivity contribution in [3.05, 3.63) is 18.0 Å². The Balaban J connectivity index is 2.56. The molecule has 1 rings (SSSR count). The zero-order chi connectivity index (χ0) is 12.7. The first kappa shape index (κ1) is 14.2. The summed E-state index contributed by atoms with van der Waals surface area (Å²) in [7, 11) is 2.15. The molecule has 0 fully saturated rings. The van der Waals surface area contributed by atoms with Gasteiger partial charge in [-0.2, -0.15) is 5.10 Å². The fraction of sp³-hybridized carbons (Fsp3) is 0.769. The van der Waals surface area contributed by atoms with Gasteiger partial charge in [-0.05, 0) is 26.9 Å². The third kappa shape index (κ3) is 4.13. The van der Waals surface area contributed by atoms with Gasteiger partial charge in [0.2, 0.25) is 0 Å². The van der Waals surface area contributed by atoms with Crippen LogP contribution < -0.4 is 5.73 Å². The van der Waals surface area contributed by atoms with E-state index in [0.717, 1.165) is 13.1 Å². The molecule has 0 aromatic carbocycles. The van der Waals surface area contributed by atoms with Crippen molar-refractivity contribution in [3.8, 4) is 0 Å². The van der Waals surface area contributed by atoms with Crippen molar-refractivity contribution in [3.63, 3.8) is 0 Å². The van der Waals surface area contributed by atoms with Crippen molar-refractivity contribution >= 4 is 0 Å². The van der Waals surface area contributed by atoms with E-state index in [2.05, 4.69) is 37.1 Å². The first-order valence-corrected chi connectivity index (χ1v) is 6.65. The van der Waals surface area contributed by atoms with E-state index in [1.807, 2.05) is 10.9 Å². The maximum Gasteiger partial charge on any atom is 0.0538 e. The van der Waals surface area contributed by atoms with Crippen LogP contribution in [0.1, 0.15) is 44.7 Å². The molecule has 1 heterocycles. The highest BCUT2D eigenvalue weighted by Crippen LogP contribution is 2.18. The average Bonchev–Trinajstić information content (AvgIpc) is 2.79. The minimum atomic E-state index is 0.298. The lowest BCUT2D eigenvalue weighted by atomic mass is 10.1. The fourth-order valence-electron chi connectivity index (χ4n) is 2.06. The predicted octanol–water partition coefficient (Wildman–Crippen LogP) is 2.02. The highest BCUT2D eigenvalue weighted by molar-refractivity contribution is 5.11. The number of nitrogens with zero attached hydrogens (tertiary/aromatic N) is 3. The van der Waals surface area contributed by atoms with E-state index in [1.54, 1.807) is 0 Å². The second-order valence-electron chi connectivity index (χ2n) is 4.57. The van der Waals surface area contributed by atoms with Crippen LogP contribution >= 0.6 is 0 Å². The molecule has 17 heavy (non-hydrogen) atoms. The Morgan fingerprint density at radius 2 is 2.18 bits per heavy atom. The molecule has 1 aromatic rings. The summed E-state index contributed by atoms with van der Waals surface area (Å²) in [6.07, 6.45) is 7.83. The van der Waals surface area contributed by atoms with Crippen LogP contribution in [0.3, 0.4) is 0 Å². The number of likely N-dealkylation sites (N-methyl/N-ethyl adjacent to an activating group) is 1. The van der Waals surface area contributed by atoms with Crippen molar-refractivity contribution < 1.29 is 0 Å². The highest BCUT2D eigenvalue weighted by Gasteiger charge is 2.16. The Kier molecular flexibility index (Phi) is 6.22. The van der Waals surface area contributed by atoms with Crippen LogP contribution in [0.15, 0.2) is 12.4 Å². The fourth-order valence-corrected chi connectivity index (χ4v) is 2.06. The molecular formula is C13H26N4. The van der Waals surface area contributed by atoms with Crippen LogP contribution in [-0.2, 0) is 6.54 Å². The van der Waals surface area contributed by atoms with Gasteiger partial charge in [0, 0.05) is 30.9 Å². The Labute approximate surface area is 105 Å². The standard InChI is InChI=1S/C13H26N4/c1-4-6-7-8-16(3)13(9-14)12-10-15-17(5-2)11-12/h10-11,13H,4-9,14H2,1-3H3. The molecule has 1 atom stereocenters. The van der Waals surface area contributed by atoms with Crippen molar-refractivity contribution in [2.75, 3.05) is 20.1 Å². The first-order chi connectivity index (χ1) is 8.22. The number of hydrogen-bond acceptors (Lipinski definition) is 3. The van der Waals surface area contributed by atoms with Crippen molar-refractivity contribution in [1.82, 2.24) is 14.7 Å². The Morgan fingerprint density at radius 3 is 2.71 bits per heavy atom. The molecule has 4 nitrogen and oxygen atoms in total. The summed E-state index contributed by atoms with van der Waals surface area (Å²) < 4.78 is 1.96. The summed E-state index contributed by atoms with van der Waals surface area (Å²) in [5.74, 6) is 0. The van der Waals surface area contributed by atoms with Crippen LogP contribution in [0.25, 0.3) is 0 Å². The molecule has 1 aromatic heterocycles. The average molecular weight is 238 g/mol. The van der Waals surface area contributed by atoms with E-state index in [1.165, 1.54) is 24.8 Å². The largest absolute Gasteiger partial charge is 0.329 e. The van der Waals surface area contributed by atoms with Gasteiger partial charge in [0.15, 0.2) is 0 Å². The van der Waals surface area contributed by atoms with Crippen molar-refractivity contribution in [2.24, 2.45) is 5.73 Å². The van der Waals surface area contributed by atoms with Crippen LogP contribution in [0.5, 0.6) is 0 Å². The highest BCUT2D eigenvalue weighted by atomic mass is 15.3. The number of unbranched alkanes of at least 4 members (excludes halogenated alkanes) is 2. The van der Waals surface area contributed by atoms with E-state index in [4.69, 9.17) is 5.73 Å². The lowest BCUT2D eigenvalue weighted by Crippen LogP contribution is -2.31. The number of aryl methyl sites for hydroxylation is 1. The van der Waals surface area contributed by atoms with E-state index >= 15 is 0 Å². The molecule has 4 heteroatoms. The second kappa shape index (κ2) is 7.45. The quantitative estimate of drug-likeness (QED) is 0.705. The van der Waals surface area contributed by atoms with Gasteiger partial charge in [0.25, 0.3) is 0 Å². The van der Waals surface area contributed by atoms with Gasteiger partial charge in [-0.3, -0.25) is 9.58 Å². The topological polar surface area (TPSA) is 47.1 Å². The van der Waals surface area contributed by atoms with Crippen LogP contribution in [-0.4, -0.2) is 34.8 Å². The van der Waals surface area contributed by atoms with Crippen LogP contribution in [0, 0.1) is 0 Å². The summed E-state index contributed by atoms with van der Waals surface area (Å²) >= 11 is 0. The molecule has 0 aliphatic heterocycles. The molecule has 0 aliphatic carbocycles. The first-order valence-electron chi connectivity index (χ1n) is 6.65. The zero-order valence-electron chi connectivity index (χ0n) is 11.4. The SMILES string of the molecule is CCCCCN(C)C(CN)c1cnn(CC)c1. The van der Waals surface area contributed by atoms with Crippen molar-refractivity contribution in [2.45, 2.75) is 45.7 Å². The molecule has 0 radical (unpaired) electrons. The summed E-state index contributed by atoms with van der Waals surface area (Å²) in [6.45, 7) is 6.99. The summed E-state index contributed by atoms with van der Waals surface area (Å²) in [6, 6.07) is 0.298. The Morgan fingerprint density at radius 1 is 1.41 bits per heavy atom. The maximum atomic E-state index is 5.88. The molecule has 0 aliphatic rings. The molecule has 0 spiro atoms. The summed E-state index contributed by atoms with van der Waals surface area (Å²) in [5, 5.41) is 4.32. The third-order valence-corrected chi connectivity index (χ3v) is 3.23. The maximum absolute atomic E-state index is 5.88. The molecule has 0 saturated carbocycles. The number of hydrogen-bond donors (Lipinski definition) is 1. The van der Waals surface area contributed by atoms with E-state index < -0.39 is 0 Å². The molecule has 1 unspecified atom stereocenters. The summed E-state index contributed by atoms with van der Waals surface area (Å²) in [5.41, 5.74) is 7.11. The third-order valence-electron chi connectivity index (χ3n) is 3.23. The zero-order valence-corrected chi connectivity index (χ0v) is 11.4. The Hall–Kier alpha value is -0.870. The minimum absolute atomic E-state index is 0.298. The van der Waals surface area contributed by atoms with Crippen LogP contribution in [0.2, 0.25) is 0 Å². The van der Waals surface area contributed by atoms with Gasteiger partial charge in [-0.1, -0.05) is 19.8 Å². The molecular weight excluding hydrogens is 212 g/mol. The van der Waals surface area contributed by atoms with E-state index in [0.29, 0.717) is 12.6 Å².